The zero-order valence-corrected chi connectivity index (χ0v) is 30.2. The SMILES string of the molecule is CCNc1nn(C)c2c(-c3ccc(C#CC(C)(C)O)nc3C(Cc3cc(F)cc(F)c3)NC(=O)Cn3nc(C(F)F)c4c3C(F)(F)C3CC43)ccc(Cl)c12. The molecule has 16 heteroatoms. The first-order valence-corrected chi connectivity index (χ1v) is 17.5. The van der Waals surface area contributed by atoms with Crippen molar-refractivity contribution in [1.29, 1.82) is 0 Å². The molecule has 1 amide bonds. The first-order valence-electron chi connectivity index (χ1n) is 17.1. The fraction of sp³-hybridized carbons (Fsp3) is 0.368. The van der Waals surface area contributed by atoms with Gasteiger partial charge in [-0.05, 0) is 81.3 Å². The van der Waals surface area contributed by atoms with E-state index >= 15 is 8.78 Å². The van der Waals surface area contributed by atoms with Gasteiger partial charge in [0.15, 0.2) is 5.82 Å². The molecule has 0 spiro atoms. The summed E-state index contributed by atoms with van der Waals surface area (Å²) in [5.74, 6) is -2.03. The number of halogens is 7. The first kappa shape index (κ1) is 37.3. The number of aryl methyl sites for hydroxylation is 1. The molecule has 3 unspecified atom stereocenters. The molecular formula is C38H34ClF6N7O2. The summed E-state index contributed by atoms with van der Waals surface area (Å²) in [6.07, 6.45) is -3.34. The van der Waals surface area contributed by atoms with Gasteiger partial charge in [0.05, 0.1) is 27.7 Å². The van der Waals surface area contributed by atoms with Crippen molar-refractivity contribution in [1.82, 2.24) is 29.9 Å². The van der Waals surface area contributed by atoms with Crippen molar-refractivity contribution in [2.24, 2.45) is 13.0 Å². The van der Waals surface area contributed by atoms with Gasteiger partial charge in [0.1, 0.15) is 40.9 Å². The fourth-order valence-electron chi connectivity index (χ4n) is 7.28. The van der Waals surface area contributed by atoms with Gasteiger partial charge >= 0.3 is 0 Å². The molecule has 3 aromatic heterocycles. The lowest BCUT2D eigenvalue weighted by molar-refractivity contribution is -0.123. The van der Waals surface area contributed by atoms with E-state index in [9.17, 15) is 27.5 Å². The van der Waals surface area contributed by atoms with Crippen LogP contribution in [0, 0.1) is 29.4 Å². The Hall–Kier alpha value is -5.07. The Morgan fingerprint density at radius 2 is 1.80 bits per heavy atom. The van der Waals surface area contributed by atoms with Gasteiger partial charge in [0.25, 0.3) is 12.3 Å². The molecule has 3 N–H and O–H groups in total. The summed E-state index contributed by atoms with van der Waals surface area (Å²) in [6, 6.07) is 8.27. The maximum atomic E-state index is 15.4. The molecule has 5 aromatic rings. The smallest absolute Gasteiger partial charge is 0.293 e. The largest absolute Gasteiger partial charge is 0.378 e. The standard InChI is InChI=1S/C38H34ClF6N7O2/c1-5-46-36-30-26(39)9-8-23(33(30)51(4)50-36)22-7-6-21(10-11-37(2,3)54)47-31(22)27(14-18-12-19(40)15-20(41)13-18)48-28(53)17-52-34-29(32(49-52)35(42)43)24-16-25(24)38(34,44)45/h6-9,12-13,15,24-25,27,35,54H,5,14,16-17H2,1-4H3,(H,46,50)(H,48,53). The van der Waals surface area contributed by atoms with Crippen molar-refractivity contribution in [2.75, 3.05) is 11.9 Å². The van der Waals surface area contributed by atoms with Crippen molar-refractivity contribution in [3.05, 3.63) is 93.0 Å². The maximum absolute atomic E-state index is 15.4. The highest BCUT2D eigenvalue weighted by atomic mass is 35.5. The van der Waals surface area contributed by atoms with E-state index in [4.69, 9.17) is 16.6 Å². The van der Waals surface area contributed by atoms with Crippen molar-refractivity contribution >= 4 is 34.2 Å². The number of aliphatic hydroxyl groups is 1. The number of carbonyl (C=O) groups excluding carboxylic acids is 1. The van der Waals surface area contributed by atoms with Crippen LogP contribution < -0.4 is 10.6 Å². The monoisotopic (exact) mass is 769 g/mol. The second-order valence-electron chi connectivity index (χ2n) is 14.0. The first-order chi connectivity index (χ1) is 25.5. The summed E-state index contributed by atoms with van der Waals surface area (Å²) >= 11 is 6.67. The van der Waals surface area contributed by atoms with Crippen LogP contribution in [0.1, 0.15) is 79.5 Å². The molecule has 54 heavy (non-hydrogen) atoms. The lowest BCUT2D eigenvalue weighted by Crippen LogP contribution is -2.35. The number of amides is 1. The number of nitrogens with one attached hydrogen (secondary N) is 2. The Labute approximate surface area is 310 Å². The molecule has 2 aromatic carbocycles. The van der Waals surface area contributed by atoms with Crippen LogP contribution in [0.5, 0.6) is 0 Å². The predicted molar refractivity (Wildman–Crippen MR) is 189 cm³/mol. The minimum Gasteiger partial charge on any atom is -0.378 e. The highest BCUT2D eigenvalue weighted by Crippen LogP contribution is 2.68. The molecule has 0 saturated heterocycles. The lowest BCUT2D eigenvalue weighted by Gasteiger charge is -2.23. The van der Waals surface area contributed by atoms with E-state index in [0.717, 1.165) is 12.1 Å². The lowest BCUT2D eigenvalue weighted by atomic mass is 9.93. The van der Waals surface area contributed by atoms with Gasteiger partial charge in [0.2, 0.25) is 5.91 Å². The van der Waals surface area contributed by atoms with Crippen LogP contribution in [0.4, 0.5) is 32.2 Å². The molecule has 0 aliphatic heterocycles. The van der Waals surface area contributed by atoms with Gasteiger partial charge < -0.3 is 15.7 Å². The molecule has 3 heterocycles. The van der Waals surface area contributed by atoms with E-state index in [1.54, 1.807) is 36.0 Å². The Morgan fingerprint density at radius 3 is 2.46 bits per heavy atom. The average Bonchev–Trinajstić information content (AvgIpc) is 3.62. The van der Waals surface area contributed by atoms with E-state index < -0.39 is 71.3 Å². The number of fused-ring (bicyclic) bond motifs is 4. The number of nitrogens with zero attached hydrogens (tertiary/aromatic N) is 5. The van der Waals surface area contributed by atoms with Gasteiger partial charge in [-0.15, -0.1) is 0 Å². The number of pyridine rings is 1. The van der Waals surface area contributed by atoms with Gasteiger partial charge in [-0.2, -0.15) is 19.0 Å². The van der Waals surface area contributed by atoms with Crippen LogP contribution in [-0.4, -0.2) is 47.7 Å². The van der Waals surface area contributed by atoms with Crippen LogP contribution in [-0.2, 0) is 30.7 Å². The van der Waals surface area contributed by atoms with E-state index in [0.29, 0.717) is 50.2 Å². The zero-order chi connectivity index (χ0) is 38.9. The second-order valence-corrected chi connectivity index (χ2v) is 14.4. The molecule has 9 nitrogen and oxygen atoms in total. The maximum Gasteiger partial charge on any atom is 0.293 e. The Kier molecular flexibility index (Phi) is 9.42. The summed E-state index contributed by atoms with van der Waals surface area (Å²) in [4.78, 5) is 18.7. The van der Waals surface area contributed by atoms with Crippen molar-refractivity contribution in [3.8, 4) is 23.0 Å². The average molecular weight is 770 g/mol. The third-order valence-corrected chi connectivity index (χ3v) is 9.80. The van der Waals surface area contributed by atoms with Crippen molar-refractivity contribution in [2.45, 2.75) is 70.1 Å². The number of benzene rings is 2. The van der Waals surface area contributed by atoms with Crippen molar-refractivity contribution in [3.63, 3.8) is 0 Å². The van der Waals surface area contributed by atoms with Crippen LogP contribution in [0.15, 0.2) is 42.5 Å². The zero-order valence-electron chi connectivity index (χ0n) is 29.4. The highest BCUT2D eigenvalue weighted by molar-refractivity contribution is 6.37. The number of carbonyl (C=O) groups is 1. The van der Waals surface area contributed by atoms with Crippen LogP contribution in [0.3, 0.4) is 0 Å². The molecular weight excluding hydrogens is 736 g/mol. The fourth-order valence-corrected chi connectivity index (χ4v) is 7.52. The Balaban J connectivity index is 1.37. The van der Waals surface area contributed by atoms with E-state index in [1.807, 2.05) is 6.92 Å². The third kappa shape index (κ3) is 6.88. The molecule has 0 bridgehead atoms. The molecule has 0 radical (unpaired) electrons. The molecule has 7 rings (SSSR count). The van der Waals surface area contributed by atoms with E-state index in [1.165, 1.54) is 13.8 Å². The molecule has 2 aliphatic carbocycles. The highest BCUT2D eigenvalue weighted by Gasteiger charge is 2.67. The van der Waals surface area contributed by atoms with Gasteiger partial charge in [-0.3, -0.25) is 14.2 Å². The van der Waals surface area contributed by atoms with Gasteiger partial charge in [-0.1, -0.05) is 23.6 Å². The van der Waals surface area contributed by atoms with E-state index in [-0.39, 0.29) is 35.4 Å². The molecule has 3 atom stereocenters. The predicted octanol–water partition coefficient (Wildman–Crippen LogP) is 7.56. The number of hydrogen-bond donors (Lipinski definition) is 3. The van der Waals surface area contributed by atoms with Gasteiger partial charge in [-0.25, -0.2) is 22.5 Å². The van der Waals surface area contributed by atoms with Crippen LogP contribution in [0.2, 0.25) is 5.02 Å². The summed E-state index contributed by atoms with van der Waals surface area (Å²) in [5, 5.41) is 25.6. The van der Waals surface area contributed by atoms with Gasteiger partial charge in [0, 0.05) is 42.3 Å². The summed E-state index contributed by atoms with van der Waals surface area (Å²) in [7, 11) is 1.71. The molecule has 2 aliphatic rings. The van der Waals surface area contributed by atoms with E-state index in [2.05, 4.69) is 32.7 Å². The number of rotatable bonds is 10. The topological polar surface area (TPSA) is 110 Å². The van der Waals surface area contributed by atoms with Crippen LogP contribution >= 0.6 is 11.6 Å². The number of alkyl halides is 4. The third-order valence-electron chi connectivity index (χ3n) is 9.48. The van der Waals surface area contributed by atoms with Crippen LogP contribution in [0.25, 0.3) is 22.0 Å². The minimum atomic E-state index is -3.46. The second kappa shape index (κ2) is 13.7. The summed E-state index contributed by atoms with van der Waals surface area (Å²) in [5.41, 5.74) is -1.15. The Bertz CT molecular complexity index is 2360. The van der Waals surface area contributed by atoms with Crippen molar-refractivity contribution < 1.29 is 36.2 Å². The number of aromatic nitrogens is 5. The Morgan fingerprint density at radius 1 is 1.09 bits per heavy atom. The normalized spacial score (nSPS) is 17.6. The summed E-state index contributed by atoms with van der Waals surface area (Å²) in [6.45, 7) is 4.53. The summed E-state index contributed by atoms with van der Waals surface area (Å²) < 4.78 is 90.0. The molecule has 1 fully saturated rings. The minimum absolute atomic E-state index is 0.0512. The number of anilines is 1. The number of hydrogen-bond acceptors (Lipinski definition) is 6. The molecule has 1 saturated carbocycles. The quantitative estimate of drug-likeness (QED) is 0.1000. The molecule has 282 valence electrons.